The first-order valence-corrected chi connectivity index (χ1v) is 8.12. The lowest BCUT2D eigenvalue weighted by Crippen LogP contribution is -2.12. The third kappa shape index (κ3) is 4.95. The minimum absolute atomic E-state index is 0.0191. The average Bonchev–Trinajstić information content (AvgIpc) is 2.68. The molecule has 0 unspecified atom stereocenters. The summed E-state index contributed by atoms with van der Waals surface area (Å²) < 4.78 is 0. The second-order valence-electron chi connectivity index (χ2n) is 5.39. The predicted molar refractivity (Wildman–Crippen MR) is 97.3 cm³/mol. The zero-order chi connectivity index (χ0) is 17.3. The van der Waals surface area contributed by atoms with Crippen molar-refractivity contribution in [2.45, 2.75) is 6.42 Å². The smallest absolute Gasteiger partial charge is 0.225 e. The Morgan fingerprint density at radius 1 is 0.920 bits per heavy atom. The first kappa shape index (κ1) is 16.8. The van der Waals surface area contributed by atoms with E-state index in [0.29, 0.717) is 12.5 Å². The van der Waals surface area contributed by atoms with E-state index >= 15 is 0 Å². The Morgan fingerprint density at radius 3 is 2.56 bits per heavy atom. The lowest BCUT2D eigenvalue weighted by Gasteiger charge is -2.11. The van der Waals surface area contributed by atoms with Crippen molar-refractivity contribution in [2.24, 2.45) is 0 Å². The summed E-state index contributed by atoms with van der Waals surface area (Å²) in [6.45, 7) is 1.16. The molecule has 0 aliphatic carbocycles. The number of anilines is 2. The van der Waals surface area contributed by atoms with Crippen LogP contribution in [0.15, 0.2) is 55.1 Å². The summed E-state index contributed by atoms with van der Waals surface area (Å²) in [6, 6.07) is 9.71. The molecule has 0 aliphatic heterocycles. The maximum absolute atomic E-state index is 9.00. The number of nitrogens with zero attached hydrogens (tertiary/aromatic N) is 4. The Balaban J connectivity index is 1.75. The standard InChI is InChI=1S/C18H20N6O/c25-11-10-22-18-23-16(15-2-1-6-20-13-15)12-17(24-18)21-9-5-14-3-7-19-8-4-14/h1-4,6-8,12-13,25H,5,9-11H2,(H2,21,22,23,24). The monoisotopic (exact) mass is 336 g/mol. The Bertz CT molecular complexity index is 782. The lowest BCUT2D eigenvalue weighted by molar-refractivity contribution is 0.311. The molecule has 0 amide bonds. The summed E-state index contributed by atoms with van der Waals surface area (Å²) in [5.74, 6) is 1.20. The molecule has 25 heavy (non-hydrogen) atoms. The van der Waals surface area contributed by atoms with Crippen LogP contribution in [-0.4, -0.2) is 44.7 Å². The van der Waals surface area contributed by atoms with Gasteiger partial charge in [-0.15, -0.1) is 0 Å². The van der Waals surface area contributed by atoms with Gasteiger partial charge in [-0.3, -0.25) is 9.97 Å². The average molecular weight is 336 g/mol. The van der Waals surface area contributed by atoms with Gasteiger partial charge in [0.1, 0.15) is 5.82 Å². The predicted octanol–water partition coefficient (Wildman–Crippen LogP) is 1.99. The van der Waals surface area contributed by atoms with Crippen molar-refractivity contribution in [2.75, 3.05) is 30.3 Å². The molecule has 0 saturated heterocycles. The van der Waals surface area contributed by atoms with Crippen LogP contribution in [0.3, 0.4) is 0 Å². The molecule has 3 aromatic heterocycles. The van der Waals surface area contributed by atoms with E-state index in [1.165, 1.54) is 5.56 Å². The van der Waals surface area contributed by atoms with Crippen molar-refractivity contribution in [3.63, 3.8) is 0 Å². The van der Waals surface area contributed by atoms with E-state index < -0.39 is 0 Å². The normalized spacial score (nSPS) is 10.4. The fourth-order valence-corrected chi connectivity index (χ4v) is 2.33. The zero-order valence-electron chi connectivity index (χ0n) is 13.8. The van der Waals surface area contributed by atoms with Gasteiger partial charge >= 0.3 is 0 Å². The summed E-state index contributed by atoms with van der Waals surface area (Å²) in [6.07, 6.45) is 7.94. The molecule has 0 aromatic carbocycles. The minimum atomic E-state index is 0.0191. The highest BCUT2D eigenvalue weighted by atomic mass is 16.3. The molecule has 0 spiro atoms. The Kier molecular flexibility index (Phi) is 5.84. The van der Waals surface area contributed by atoms with Crippen molar-refractivity contribution in [1.82, 2.24) is 19.9 Å². The van der Waals surface area contributed by atoms with Crippen LogP contribution in [0.4, 0.5) is 11.8 Å². The molecule has 7 nitrogen and oxygen atoms in total. The van der Waals surface area contributed by atoms with Gasteiger partial charge in [-0.2, -0.15) is 4.98 Å². The summed E-state index contributed by atoms with van der Waals surface area (Å²) in [4.78, 5) is 17.1. The second-order valence-corrected chi connectivity index (χ2v) is 5.39. The molecule has 0 radical (unpaired) electrons. The molecular formula is C18H20N6O. The molecule has 128 valence electrons. The van der Waals surface area contributed by atoms with Gasteiger partial charge in [-0.25, -0.2) is 4.98 Å². The van der Waals surface area contributed by atoms with Crippen LogP contribution >= 0.6 is 0 Å². The molecule has 0 fully saturated rings. The molecule has 3 aromatic rings. The van der Waals surface area contributed by atoms with Gasteiger partial charge in [0.15, 0.2) is 0 Å². The van der Waals surface area contributed by atoms with Gasteiger partial charge < -0.3 is 15.7 Å². The van der Waals surface area contributed by atoms with Crippen LogP contribution in [-0.2, 0) is 6.42 Å². The van der Waals surface area contributed by atoms with E-state index in [-0.39, 0.29) is 6.61 Å². The van der Waals surface area contributed by atoms with Gasteiger partial charge in [0.2, 0.25) is 5.95 Å². The van der Waals surface area contributed by atoms with E-state index in [4.69, 9.17) is 5.11 Å². The number of nitrogens with one attached hydrogen (secondary N) is 2. The second kappa shape index (κ2) is 8.70. The largest absolute Gasteiger partial charge is 0.395 e. The molecule has 0 atom stereocenters. The summed E-state index contributed by atoms with van der Waals surface area (Å²) >= 11 is 0. The fraction of sp³-hybridized carbons (Fsp3) is 0.222. The molecule has 7 heteroatoms. The van der Waals surface area contributed by atoms with Crippen molar-refractivity contribution < 1.29 is 5.11 Å². The first-order valence-electron chi connectivity index (χ1n) is 8.12. The number of aliphatic hydroxyl groups excluding tert-OH is 1. The van der Waals surface area contributed by atoms with Crippen molar-refractivity contribution in [3.8, 4) is 11.3 Å². The van der Waals surface area contributed by atoms with Crippen LogP contribution < -0.4 is 10.6 Å². The minimum Gasteiger partial charge on any atom is -0.395 e. The lowest BCUT2D eigenvalue weighted by atomic mass is 10.2. The highest BCUT2D eigenvalue weighted by Gasteiger charge is 2.07. The van der Waals surface area contributed by atoms with Crippen LogP contribution in [0, 0.1) is 0 Å². The van der Waals surface area contributed by atoms with E-state index in [0.717, 1.165) is 30.0 Å². The third-order valence-electron chi connectivity index (χ3n) is 3.55. The maximum atomic E-state index is 9.00. The van der Waals surface area contributed by atoms with E-state index in [2.05, 4.69) is 30.6 Å². The van der Waals surface area contributed by atoms with E-state index in [9.17, 15) is 0 Å². The number of pyridine rings is 2. The van der Waals surface area contributed by atoms with Gasteiger partial charge in [0.05, 0.1) is 12.3 Å². The van der Waals surface area contributed by atoms with Crippen LogP contribution in [0.25, 0.3) is 11.3 Å². The summed E-state index contributed by atoms with van der Waals surface area (Å²) in [5.41, 5.74) is 2.90. The van der Waals surface area contributed by atoms with Gasteiger partial charge in [0, 0.05) is 49.5 Å². The molecule has 0 bridgehead atoms. The van der Waals surface area contributed by atoms with Crippen molar-refractivity contribution in [1.29, 1.82) is 0 Å². The topological polar surface area (TPSA) is 95.8 Å². The third-order valence-corrected chi connectivity index (χ3v) is 3.55. The van der Waals surface area contributed by atoms with E-state index in [1.54, 1.807) is 24.8 Å². The number of hydrogen-bond donors (Lipinski definition) is 3. The number of hydrogen-bond acceptors (Lipinski definition) is 7. The quantitative estimate of drug-likeness (QED) is 0.579. The van der Waals surface area contributed by atoms with Crippen LogP contribution in [0.5, 0.6) is 0 Å². The van der Waals surface area contributed by atoms with E-state index in [1.807, 2.05) is 30.3 Å². The molecule has 0 aliphatic rings. The van der Waals surface area contributed by atoms with Crippen LogP contribution in [0.2, 0.25) is 0 Å². The summed E-state index contributed by atoms with van der Waals surface area (Å²) in [7, 11) is 0. The van der Waals surface area contributed by atoms with Crippen LogP contribution in [0.1, 0.15) is 5.56 Å². The van der Waals surface area contributed by atoms with Gasteiger partial charge in [-0.05, 0) is 36.2 Å². The highest BCUT2D eigenvalue weighted by molar-refractivity contribution is 5.63. The van der Waals surface area contributed by atoms with Crippen molar-refractivity contribution in [3.05, 3.63) is 60.7 Å². The molecule has 3 N–H and O–H groups in total. The molecule has 3 rings (SSSR count). The summed E-state index contributed by atoms with van der Waals surface area (Å²) in [5, 5.41) is 15.3. The van der Waals surface area contributed by atoms with Gasteiger partial charge in [0.25, 0.3) is 0 Å². The number of aliphatic hydroxyl groups is 1. The fourth-order valence-electron chi connectivity index (χ4n) is 2.33. The molecular weight excluding hydrogens is 316 g/mol. The zero-order valence-corrected chi connectivity index (χ0v) is 13.8. The maximum Gasteiger partial charge on any atom is 0.225 e. The number of rotatable bonds is 8. The first-order chi connectivity index (χ1) is 12.3. The SMILES string of the molecule is OCCNc1nc(NCCc2ccncc2)cc(-c2cccnc2)n1. The molecule has 3 heterocycles. The Labute approximate surface area is 146 Å². The number of aromatic nitrogens is 4. The Hall–Kier alpha value is -3.06. The highest BCUT2D eigenvalue weighted by Crippen LogP contribution is 2.20. The molecule has 0 saturated carbocycles. The van der Waals surface area contributed by atoms with Gasteiger partial charge in [-0.1, -0.05) is 0 Å². The van der Waals surface area contributed by atoms with Crippen molar-refractivity contribution >= 4 is 11.8 Å². The Morgan fingerprint density at radius 2 is 1.80 bits per heavy atom.